The molecular formula is C7H15NO. The SMILES string of the molecule is [CH2-][NH+]1C[C@@H](C)[C@H](OC)C1. The van der Waals surface area contributed by atoms with E-state index in [1.54, 1.807) is 7.11 Å². The maximum atomic E-state index is 5.23. The zero-order chi connectivity index (χ0) is 6.85. The first-order valence-corrected chi connectivity index (χ1v) is 3.43. The highest BCUT2D eigenvalue weighted by atomic mass is 16.5. The second-order valence-corrected chi connectivity index (χ2v) is 2.91. The molecule has 0 bridgehead atoms. The lowest BCUT2D eigenvalue weighted by Crippen LogP contribution is -3.05. The number of hydrogen-bond donors (Lipinski definition) is 1. The molecule has 1 rings (SSSR count). The molecule has 2 nitrogen and oxygen atoms in total. The van der Waals surface area contributed by atoms with Crippen LogP contribution in [-0.4, -0.2) is 26.3 Å². The van der Waals surface area contributed by atoms with Crippen molar-refractivity contribution < 1.29 is 9.64 Å². The third-order valence-electron chi connectivity index (χ3n) is 2.04. The normalized spacial score (nSPS) is 43.7. The molecule has 1 N–H and O–H groups in total. The highest BCUT2D eigenvalue weighted by molar-refractivity contribution is 4.68. The molecule has 54 valence electrons. The van der Waals surface area contributed by atoms with Crippen LogP contribution in [0, 0.1) is 13.0 Å². The predicted octanol–water partition coefficient (Wildman–Crippen LogP) is -0.672. The fraction of sp³-hybridized carbons (Fsp3) is 0.857. The molecule has 1 unspecified atom stereocenters. The van der Waals surface area contributed by atoms with Gasteiger partial charge in [0.15, 0.2) is 0 Å². The summed E-state index contributed by atoms with van der Waals surface area (Å²) >= 11 is 0. The molecule has 1 fully saturated rings. The van der Waals surface area contributed by atoms with Crippen LogP contribution in [0.25, 0.3) is 0 Å². The molecule has 9 heavy (non-hydrogen) atoms. The van der Waals surface area contributed by atoms with Gasteiger partial charge in [0.25, 0.3) is 0 Å². The van der Waals surface area contributed by atoms with Crippen molar-refractivity contribution in [2.45, 2.75) is 13.0 Å². The van der Waals surface area contributed by atoms with E-state index in [0.29, 0.717) is 12.0 Å². The summed E-state index contributed by atoms with van der Waals surface area (Å²) in [4.78, 5) is 1.34. The van der Waals surface area contributed by atoms with Crippen LogP contribution in [0.2, 0.25) is 0 Å². The average molecular weight is 129 g/mol. The highest BCUT2D eigenvalue weighted by Crippen LogP contribution is 2.06. The van der Waals surface area contributed by atoms with Gasteiger partial charge in [-0.1, -0.05) is 6.92 Å². The van der Waals surface area contributed by atoms with Crippen molar-refractivity contribution in [3.63, 3.8) is 0 Å². The molecule has 0 spiro atoms. The van der Waals surface area contributed by atoms with Gasteiger partial charge >= 0.3 is 0 Å². The van der Waals surface area contributed by atoms with Crippen LogP contribution in [0.5, 0.6) is 0 Å². The van der Waals surface area contributed by atoms with Gasteiger partial charge in [-0.3, -0.25) is 0 Å². The van der Waals surface area contributed by atoms with E-state index in [9.17, 15) is 0 Å². The van der Waals surface area contributed by atoms with Gasteiger partial charge in [0.05, 0.1) is 13.1 Å². The first-order chi connectivity index (χ1) is 4.24. The molecule has 0 aliphatic carbocycles. The van der Waals surface area contributed by atoms with Crippen LogP contribution in [-0.2, 0) is 4.74 Å². The minimum Gasteiger partial charge on any atom is -0.465 e. The van der Waals surface area contributed by atoms with Gasteiger partial charge in [-0.15, -0.1) is 0 Å². The Labute approximate surface area is 56.8 Å². The average Bonchev–Trinajstić information content (AvgIpc) is 2.10. The third kappa shape index (κ3) is 1.43. The molecule has 1 aliphatic heterocycles. The second-order valence-electron chi connectivity index (χ2n) is 2.91. The molecular weight excluding hydrogens is 114 g/mol. The van der Waals surface area contributed by atoms with Crippen molar-refractivity contribution in [3.8, 4) is 0 Å². The fourth-order valence-corrected chi connectivity index (χ4v) is 1.47. The van der Waals surface area contributed by atoms with E-state index in [1.165, 1.54) is 4.90 Å². The number of rotatable bonds is 1. The van der Waals surface area contributed by atoms with Crippen LogP contribution in [0.15, 0.2) is 0 Å². The lowest BCUT2D eigenvalue weighted by molar-refractivity contribution is -0.842. The molecule has 3 atom stereocenters. The van der Waals surface area contributed by atoms with E-state index >= 15 is 0 Å². The van der Waals surface area contributed by atoms with E-state index in [0.717, 1.165) is 13.1 Å². The first-order valence-electron chi connectivity index (χ1n) is 3.43. The summed E-state index contributed by atoms with van der Waals surface area (Å²) in [5.74, 6) is 0.683. The number of hydrogen-bond acceptors (Lipinski definition) is 1. The Morgan fingerprint density at radius 2 is 2.22 bits per heavy atom. The highest BCUT2D eigenvalue weighted by Gasteiger charge is 2.27. The van der Waals surface area contributed by atoms with Gasteiger partial charge in [0.1, 0.15) is 6.10 Å². The topological polar surface area (TPSA) is 13.7 Å². The van der Waals surface area contributed by atoms with Crippen LogP contribution in [0.4, 0.5) is 0 Å². The van der Waals surface area contributed by atoms with E-state index in [-0.39, 0.29) is 0 Å². The molecule has 0 radical (unpaired) electrons. The molecule has 0 aromatic rings. The zero-order valence-electron chi connectivity index (χ0n) is 6.18. The monoisotopic (exact) mass is 129 g/mol. The number of quaternary nitrogens is 1. The third-order valence-corrected chi connectivity index (χ3v) is 2.04. The van der Waals surface area contributed by atoms with Gasteiger partial charge in [-0.2, -0.15) is 7.05 Å². The number of methoxy groups -OCH3 is 1. The number of ether oxygens (including phenoxy) is 1. The molecule has 1 aliphatic rings. The first kappa shape index (κ1) is 7.03. The van der Waals surface area contributed by atoms with E-state index in [4.69, 9.17) is 4.74 Å². The Bertz CT molecular complexity index is 94.9. The molecule has 0 saturated carbocycles. The molecule has 0 aromatic carbocycles. The maximum Gasteiger partial charge on any atom is 0.112 e. The lowest BCUT2D eigenvalue weighted by Gasteiger charge is -2.11. The Balaban J connectivity index is 2.38. The van der Waals surface area contributed by atoms with E-state index in [1.807, 2.05) is 0 Å². The zero-order valence-corrected chi connectivity index (χ0v) is 6.18. The molecule has 1 saturated heterocycles. The van der Waals surface area contributed by atoms with E-state index in [2.05, 4.69) is 14.0 Å². The summed E-state index contributed by atoms with van der Waals surface area (Å²) in [6.45, 7) is 4.43. The van der Waals surface area contributed by atoms with Crippen LogP contribution in [0.1, 0.15) is 6.92 Å². The van der Waals surface area contributed by atoms with Gasteiger partial charge in [-0.05, 0) is 0 Å². The van der Waals surface area contributed by atoms with Crippen molar-refractivity contribution in [2.75, 3.05) is 20.2 Å². The van der Waals surface area contributed by atoms with Gasteiger partial charge in [0, 0.05) is 13.0 Å². The Morgan fingerprint density at radius 1 is 1.56 bits per heavy atom. The largest absolute Gasteiger partial charge is 0.465 e. The molecule has 1 heterocycles. The van der Waals surface area contributed by atoms with Crippen LogP contribution < -0.4 is 4.90 Å². The standard InChI is InChI=1S/C7H15NO/c1-6-4-8(2)5-7(6)9-3/h6-8H,2,4-5H2,1,3H3/t6-,7-/m1/s1. The number of likely N-dealkylation sites (tertiary alicyclic amines) is 1. The van der Waals surface area contributed by atoms with Crippen LogP contribution >= 0.6 is 0 Å². The quantitative estimate of drug-likeness (QED) is 0.463. The van der Waals surface area contributed by atoms with Crippen molar-refractivity contribution in [1.82, 2.24) is 0 Å². The Hall–Kier alpha value is -0.0800. The molecule has 0 amide bonds. The minimum atomic E-state index is 0.442. The summed E-state index contributed by atoms with van der Waals surface area (Å²) < 4.78 is 5.23. The lowest BCUT2D eigenvalue weighted by atomic mass is 10.1. The summed E-state index contributed by atoms with van der Waals surface area (Å²) in [6.07, 6.45) is 0.442. The smallest absolute Gasteiger partial charge is 0.112 e. The van der Waals surface area contributed by atoms with Crippen LogP contribution in [0.3, 0.4) is 0 Å². The maximum absolute atomic E-state index is 5.23. The second kappa shape index (κ2) is 2.67. The number of nitrogens with one attached hydrogen (secondary N) is 1. The summed E-state index contributed by atoms with van der Waals surface area (Å²) in [6, 6.07) is 0. The van der Waals surface area contributed by atoms with Gasteiger partial charge in [-0.25, -0.2) is 0 Å². The Kier molecular flexibility index (Phi) is 2.09. The summed E-state index contributed by atoms with van der Waals surface area (Å²) in [7, 11) is 5.70. The summed E-state index contributed by atoms with van der Waals surface area (Å²) in [5, 5.41) is 0. The van der Waals surface area contributed by atoms with Gasteiger partial charge < -0.3 is 9.64 Å². The van der Waals surface area contributed by atoms with Crippen molar-refractivity contribution >= 4 is 0 Å². The fourth-order valence-electron chi connectivity index (χ4n) is 1.47. The molecule has 0 aromatic heterocycles. The van der Waals surface area contributed by atoms with E-state index < -0.39 is 0 Å². The van der Waals surface area contributed by atoms with Crippen molar-refractivity contribution in [2.24, 2.45) is 5.92 Å². The van der Waals surface area contributed by atoms with Gasteiger partial charge in [0.2, 0.25) is 0 Å². The van der Waals surface area contributed by atoms with Crippen molar-refractivity contribution in [3.05, 3.63) is 7.05 Å². The minimum absolute atomic E-state index is 0.442. The Morgan fingerprint density at radius 3 is 2.44 bits per heavy atom. The van der Waals surface area contributed by atoms with Crippen molar-refractivity contribution in [1.29, 1.82) is 0 Å². The molecule has 2 heteroatoms. The predicted molar refractivity (Wildman–Crippen MR) is 36.0 cm³/mol. The summed E-state index contributed by atoms with van der Waals surface area (Å²) in [5.41, 5.74) is 0.